The van der Waals surface area contributed by atoms with E-state index in [2.05, 4.69) is 6.08 Å². The summed E-state index contributed by atoms with van der Waals surface area (Å²) >= 11 is 1.59. The van der Waals surface area contributed by atoms with E-state index >= 15 is 0 Å². The Morgan fingerprint density at radius 1 is 1.06 bits per heavy atom. The van der Waals surface area contributed by atoms with Crippen LogP contribution in [0.2, 0.25) is 0 Å². The fourth-order valence-corrected chi connectivity index (χ4v) is 8.03. The highest BCUT2D eigenvalue weighted by Gasteiger charge is 2.73. The Balaban J connectivity index is 1.86. The zero-order valence-electron chi connectivity index (χ0n) is 18.8. The Labute approximate surface area is 188 Å². The minimum absolute atomic E-state index is 0.00696. The molecular formula is C23H33N3O4S. The number of carbonyl (C=O) groups is 3. The summed E-state index contributed by atoms with van der Waals surface area (Å²) in [4.78, 5) is 46.4. The second kappa shape index (κ2) is 7.96. The summed E-state index contributed by atoms with van der Waals surface area (Å²) in [5, 5.41) is 9.69. The molecule has 1 unspecified atom stereocenters. The molecule has 4 heterocycles. The van der Waals surface area contributed by atoms with Crippen molar-refractivity contribution in [3.63, 3.8) is 0 Å². The van der Waals surface area contributed by atoms with Gasteiger partial charge in [-0.15, -0.1) is 11.8 Å². The Hall–Kier alpha value is -1.80. The minimum Gasteiger partial charge on any atom is -0.395 e. The van der Waals surface area contributed by atoms with Crippen LogP contribution in [0.15, 0.2) is 24.3 Å². The number of aliphatic hydroxyl groups is 1. The largest absolute Gasteiger partial charge is 0.395 e. The molecule has 2 fully saturated rings. The number of aliphatic hydroxyl groups excluding tert-OH is 1. The van der Waals surface area contributed by atoms with Gasteiger partial charge in [0, 0.05) is 37.0 Å². The summed E-state index contributed by atoms with van der Waals surface area (Å²) in [5.41, 5.74) is 0. The molecule has 0 saturated carbocycles. The molecule has 4 aliphatic heterocycles. The number of hydrogen-bond donors (Lipinski definition) is 1. The maximum Gasteiger partial charge on any atom is 0.247 e. The van der Waals surface area contributed by atoms with Gasteiger partial charge in [0.05, 0.1) is 23.2 Å². The lowest BCUT2D eigenvalue weighted by Crippen LogP contribution is -2.55. The first-order valence-electron chi connectivity index (χ1n) is 11.3. The lowest BCUT2D eigenvalue weighted by molar-refractivity contribution is -0.145. The van der Waals surface area contributed by atoms with Crippen LogP contribution in [0.3, 0.4) is 0 Å². The summed E-state index contributed by atoms with van der Waals surface area (Å²) in [6, 6.07) is -0.723. The number of nitrogens with zero attached hydrogens (tertiary/aromatic N) is 3. The van der Waals surface area contributed by atoms with E-state index in [0.717, 1.165) is 6.42 Å². The molecule has 2 saturated heterocycles. The second-order valence-electron chi connectivity index (χ2n) is 9.43. The summed E-state index contributed by atoms with van der Waals surface area (Å²) in [6.07, 6.45) is 8.97. The fraction of sp³-hybridized carbons (Fsp3) is 0.696. The maximum atomic E-state index is 13.8. The van der Waals surface area contributed by atoms with Crippen LogP contribution >= 0.6 is 11.8 Å². The van der Waals surface area contributed by atoms with Gasteiger partial charge in [0.1, 0.15) is 6.04 Å². The van der Waals surface area contributed by atoms with Crippen LogP contribution in [0, 0.1) is 11.8 Å². The van der Waals surface area contributed by atoms with Crippen LogP contribution in [0.1, 0.15) is 34.1 Å². The van der Waals surface area contributed by atoms with E-state index in [0.29, 0.717) is 19.6 Å². The van der Waals surface area contributed by atoms with E-state index in [1.807, 2.05) is 50.8 Å². The molecule has 4 rings (SSSR count). The standard InChI is InChI=1S/C23H33N3O4S/c1-5-10-24-11-6-8-22(4)16(19(24)28)17-20(29)26(13-14-27)18-21(30)25(15(2)3)12-7-9-23(17,18)31-22/h6-9,15-18,27H,5,10-14H2,1-4H3/t16-,17+,18?,22+,23+/m1/s1. The Morgan fingerprint density at radius 2 is 1.77 bits per heavy atom. The number of amides is 3. The number of fused-ring (bicyclic) bond motifs is 2. The molecule has 5 atom stereocenters. The number of likely N-dealkylation sites (tertiary alicyclic amines) is 1. The van der Waals surface area contributed by atoms with Crippen LogP contribution in [-0.2, 0) is 14.4 Å². The van der Waals surface area contributed by atoms with Crippen molar-refractivity contribution in [1.82, 2.24) is 14.7 Å². The predicted octanol–water partition coefficient (Wildman–Crippen LogP) is 1.28. The summed E-state index contributed by atoms with van der Waals surface area (Å²) in [7, 11) is 0. The van der Waals surface area contributed by atoms with Crippen molar-refractivity contribution in [1.29, 1.82) is 0 Å². The molecule has 0 aliphatic carbocycles. The van der Waals surface area contributed by atoms with E-state index in [1.165, 1.54) is 4.90 Å². The third-order valence-corrected chi connectivity index (χ3v) is 8.93. The highest BCUT2D eigenvalue weighted by Crippen LogP contribution is 2.65. The van der Waals surface area contributed by atoms with Crippen molar-refractivity contribution < 1.29 is 19.5 Å². The molecular weight excluding hydrogens is 414 g/mol. The number of rotatable bonds is 5. The van der Waals surface area contributed by atoms with Crippen molar-refractivity contribution in [2.24, 2.45) is 11.8 Å². The summed E-state index contributed by atoms with van der Waals surface area (Å²) in [6.45, 7) is 9.57. The first-order chi connectivity index (χ1) is 14.7. The number of β-amino-alcohol motifs (C(OH)–C–C–N with tert-alkyl or cyclic N) is 1. The molecule has 0 radical (unpaired) electrons. The number of carbonyl (C=O) groups excluding carboxylic acids is 3. The molecule has 8 heteroatoms. The average molecular weight is 448 g/mol. The predicted molar refractivity (Wildman–Crippen MR) is 120 cm³/mol. The molecule has 7 nitrogen and oxygen atoms in total. The molecule has 0 aromatic carbocycles. The van der Waals surface area contributed by atoms with E-state index in [4.69, 9.17) is 0 Å². The molecule has 1 N–H and O–H groups in total. The average Bonchev–Trinajstić information content (AvgIpc) is 2.96. The zero-order valence-corrected chi connectivity index (χ0v) is 19.6. The highest BCUT2D eigenvalue weighted by molar-refractivity contribution is 8.02. The van der Waals surface area contributed by atoms with Gasteiger partial charge in [0.2, 0.25) is 17.7 Å². The van der Waals surface area contributed by atoms with Crippen LogP contribution in [0.4, 0.5) is 0 Å². The monoisotopic (exact) mass is 447 g/mol. The van der Waals surface area contributed by atoms with Gasteiger partial charge in [0.15, 0.2) is 0 Å². The van der Waals surface area contributed by atoms with Crippen molar-refractivity contribution in [2.75, 3.05) is 32.8 Å². The SMILES string of the molecule is CCCN1CC=C[C@]2(C)S[C@]34C=CCN(C(C)C)C(=O)C3N(CCO)C(=O)[C@@H]4[C@@H]2C1=O. The molecule has 0 aromatic heterocycles. The fourth-order valence-electron chi connectivity index (χ4n) is 5.87. The van der Waals surface area contributed by atoms with Crippen molar-refractivity contribution in [3.8, 4) is 0 Å². The number of hydrogen-bond acceptors (Lipinski definition) is 5. The Bertz CT molecular complexity index is 843. The van der Waals surface area contributed by atoms with E-state index in [1.54, 1.807) is 16.7 Å². The lowest BCUT2D eigenvalue weighted by atomic mass is 9.74. The molecule has 1 spiro atoms. The van der Waals surface area contributed by atoms with Gasteiger partial charge >= 0.3 is 0 Å². The normalized spacial score (nSPS) is 37.3. The first-order valence-corrected chi connectivity index (χ1v) is 12.1. The molecule has 4 aliphatic rings. The van der Waals surface area contributed by atoms with Gasteiger partial charge in [-0.1, -0.05) is 31.2 Å². The van der Waals surface area contributed by atoms with Crippen LogP contribution in [0.25, 0.3) is 0 Å². The van der Waals surface area contributed by atoms with Crippen molar-refractivity contribution >= 4 is 29.5 Å². The van der Waals surface area contributed by atoms with E-state index < -0.39 is 27.4 Å². The van der Waals surface area contributed by atoms with E-state index in [-0.39, 0.29) is 36.9 Å². The zero-order chi connectivity index (χ0) is 22.6. The molecule has 170 valence electrons. The molecule has 3 amide bonds. The number of thioether (sulfide) groups is 1. The smallest absolute Gasteiger partial charge is 0.247 e. The molecule has 31 heavy (non-hydrogen) atoms. The van der Waals surface area contributed by atoms with Crippen molar-refractivity contribution in [3.05, 3.63) is 24.3 Å². The van der Waals surface area contributed by atoms with Gasteiger partial charge in [-0.3, -0.25) is 14.4 Å². The van der Waals surface area contributed by atoms with Crippen LogP contribution in [0.5, 0.6) is 0 Å². The third-order valence-electron chi connectivity index (χ3n) is 7.13. The van der Waals surface area contributed by atoms with Crippen LogP contribution in [-0.4, -0.2) is 91.9 Å². The maximum absolute atomic E-state index is 13.8. The van der Waals surface area contributed by atoms with Crippen LogP contribution < -0.4 is 0 Å². The highest BCUT2D eigenvalue weighted by atomic mass is 32.2. The van der Waals surface area contributed by atoms with Gasteiger partial charge in [0.25, 0.3) is 0 Å². The minimum atomic E-state index is -0.818. The molecule has 0 aromatic rings. The van der Waals surface area contributed by atoms with E-state index in [9.17, 15) is 19.5 Å². The first kappa shape index (κ1) is 22.4. The van der Waals surface area contributed by atoms with Gasteiger partial charge in [-0.05, 0) is 27.2 Å². The quantitative estimate of drug-likeness (QED) is 0.642. The van der Waals surface area contributed by atoms with Gasteiger partial charge < -0.3 is 19.8 Å². The second-order valence-corrected chi connectivity index (χ2v) is 11.2. The molecule has 0 bridgehead atoms. The Kier molecular flexibility index (Phi) is 5.75. The topological polar surface area (TPSA) is 81.2 Å². The Morgan fingerprint density at radius 3 is 2.42 bits per heavy atom. The third kappa shape index (κ3) is 3.17. The lowest BCUT2D eigenvalue weighted by Gasteiger charge is -2.37. The van der Waals surface area contributed by atoms with Gasteiger partial charge in [-0.2, -0.15) is 0 Å². The summed E-state index contributed by atoms with van der Waals surface area (Å²) in [5.74, 6) is -1.46. The van der Waals surface area contributed by atoms with Crippen molar-refractivity contribution in [2.45, 2.75) is 55.7 Å². The van der Waals surface area contributed by atoms with Gasteiger partial charge in [-0.25, -0.2) is 0 Å². The summed E-state index contributed by atoms with van der Waals surface area (Å²) < 4.78 is -1.39.